The van der Waals surface area contributed by atoms with Crippen LogP contribution in [0.5, 0.6) is 0 Å². The summed E-state index contributed by atoms with van der Waals surface area (Å²) in [4.78, 5) is 19.3. The maximum Gasteiger partial charge on any atom is 0.460 e. The molecule has 0 spiro atoms. The lowest BCUT2D eigenvalue weighted by Gasteiger charge is -2.41. The molecular weight excluding hydrogens is 559 g/mol. The third-order valence-corrected chi connectivity index (χ3v) is 4.69. The van der Waals surface area contributed by atoms with E-state index in [4.69, 9.17) is 0 Å². The molecule has 0 unspecified atom stereocenters. The molecule has 8 nitrogen and oxygen atoms in total. The van der Waals surface area contributed by atoms with E-state index in [0.717, 1.165) is 0 Å². The van der Waals surface area contributed by atoms with Gasteiger partial charge in [-0.1, -0.05) is 6.92 Å². The van der Waals surface area contributed by atoms with Crippen LogP contribution < -0.4 is 5.43 Å². The minimum Gasteiger partial charge on any atom is -0.272 e. The van der Waals surface area contributed by atoms with Gasteiger partial charge in [0.15, 0.2) is 0 Å². The number of nitro benzene ring substituents is 2. The first-order chi connectivity index (χ1) is 16.4. The average molecular weight is 570 g/mol. The Hall–Kier alpha value is -3.42. The van der Waals surface area contributed by atoms with Gasteiger partial charge in [0.1, 0.15) is 5.69 Å². The van der Waals surface area contributed by atoms with Crippen LogP contribution >= 0.6 is 0 Å². The summed E-state index contributed by atoms with van der Waals surface area (Å²) in [6, 6.07) is 1.53. The van der Waals surface area contributed by atoms with Crippen LogP contribution in [0.4, 0.5) is 74.1 Å². The van der Waals surface area contributed by atoms with E-state index in [9.17, 15) is 77.3 Å². The molecule has 37 heavy (non-hydrogen) atoms. The number of hydrogen-bond donors (Lipinski definition) is 1. The van der Waals surface area contributed by atoms with E-state index < -0.39 is 75.0 Å². The highest BCUT2D eigenvalue weighted by Crippen LogP contribution is 2.61. The Morgan fingerprint density at radius 2 is 1.32 bits per heavy atom. The average Bonchev–Trinajstić information content (AvgIpc) is 2.74. The van der Waals surface area contributed by atoms with E-state index in [1.165, 1.54) is 0 Å². The van der Waals surface area contributed by atoms with Crippen LogP contribution in [0.2, 0.25) is 0 Å². The Balaban J connectivity index is 3.42. The molecule has 0 saturated heterocycles. The van der Waals surface area contributed by atoms with Gasteiger partial charge in [-0.3, -0.25) is 25.7 Å². The molecule has 0 aliphatic heterocycles. The molecule has 0 aliphatic rings. The number of nitrogens with zero attached hydrogens (tertiary/aromatic N) is 3. The SMILES string of the molecule is CC[C@H](/C=N\Nc1ccc([N+](=O)[O-])cc1[N+](=O)[O-])C(F)(F)C(F)(F)C(F)(F)C(F)(F)C(F)(F)C(F)(F)F. The van der Waals surface area contributed by atoms with Crippen LogP contribution in [0.3, 0.4) is 0 Å². The highest BCUT2D eigenvalue weighted by molar-refractivity contribution is 5.68. The van der Waals surface area contributed by atoms with Crippen molar-refractivity contribution >= 4 is 23.3 Å². The van der Waals surface area contributed by atoms with Crippen molar-refractivity contribution in [3.63, 3.8) is 0 Å². The summed E-state index contributed by atoms with van der Waals surface area (Å²) < 4.78 is 173. The summed E-state index contributed by atoms with van der Waals surface area (Å²) in [6.07, 6.45) is -9.30. The first-order valence-corrected chi connectivity index (χ1v) is 9.09. The van der Waals surface area contributed by atoms with E-state index >= 15 is 0 Å². The van der Waals surface area contributed by atoms with Gasteiger partial charge in [0.25, 0.3) is 5.69 Å². The maximum atomic E-state index is 14.3. The van der Waals surface area contributed by atoms with Gasteiger partial charge in [0, 0.05) is 12.3 Å². The fraction of sp³-hybridized carbons (Fsp3) is 0.562. The molecule has 1 rings (SSSR count). The molecular formula is C16H11F13N4O4. The minimum absolute atomic E-state index is 0.335. The summed E-state index contributed by atoms with van der Waals surface area (Å²) in [6.45, 7) is 0.551. The fourth-order valence-electron chi connectivity index (χ4n) is 2.55. The number of anilines is 1. The van der Waals surface area contributed by atoms with Crippen molar-refractivity contribution in [3.05, 3.63) is 38.4 Å². The van der Waals surface area contributed by atoms with Crippen LogP contribution in [0.15, 0.2) is 23.3 Å². The van der Waals surface area contributed by atoms with E-state index in [1.54, 1.807) is 5.43 Å². The molecule has 0 aromatic heterocycles. The minimum atomic E-state index is -8.06. The Labute approximate surface area is 195 Å². The third-order valence-electron chi connectivity index (χ3n) is 4.69. The van der Waals surface area contributed by atoms with Crippen LogP contribution in [0.25, 0.3) is 0 Å². The molecule has 1 aromatic carbocycles. The number of nitrogens with one attached hydrogen (secondary N) is 1. The fourth-order valence-corrected chi connectivity index (χ4v) is 2.55. The van der Waals surface area contributed by atoms with Crippen LogP contribution in [-0.4, -0.2) is 51.9 Å². The lowest BCUT2D eigenvalue weighted by atomic mass is 9.86. The zero-order chi connectivity index (χ0) is 29.4. The van der Waals surface area contributed by atoms with Gasteiger partial charge in [-0.2, -0.15) is 62.2 Å². The van der Waals surface area contributed by atoms with Crippen molar-refractivity contribution in [2.75, 3.05) is 5.43 Å². The summed E-state index contributed by atoms with van der Waals surface area (Å²) in [5.74, 6) is -41.2. The molecule has 0 aliphatic carbocycles. The lowest BCUT2D eigenvalue weighted by Crippen LogP contribution is -2.71. The van der Waals surface area contributed by atoms with Gasteiger partial charge in [0.2, 0.25) is 0 Å². The Morgan fingerprint density at radius 3 is 1.73 bits per heavy atom. The second kappa shape index (κ2) is 9.80. The number of hydrazone groups is 1. The number of nitro groups is 2. The van der Waals surface area contributed by atoms with E-state index in [0.29, 0.717) is 25.1 Å². The quantitative estimate of drug-likeness (QED) is 0.138. The number of halogens is 13. The molecule has 0 fully saturated rings. The molecule has 0 amide bonds. The number of non-ortho nitro benzene ring substituents is 1. The third kappa shape index (κ3) is 5.20. The standard InChI is InChI=1S/C16H11F13N4O4/c1-2-7(6-30-31-9-4-3-8(32(34)35)5-10(9)33(36)37)11(17,18)12(19,20)13(21,22)14(23,24)15(25,26)16(27,28)29/h3-7,31H,2H2,1H3/b30-6-/t7-/m1/s1. The summed E-state index contributed by atoms with van der Waals surface area (Å²) in [5, 5.41) is 24.4. The molecule has 0 bridgehead atoms. The van der Waals surface area contributed by atoms with Crippen molar-refractivity contribution in [2.45, 2.75) is 49.1 Å². The molecule has 0 radical (unpaired) electrons. The molecule has 0 heterocycles. The van der Waals surface area contributed by atoms with E-state index in [2.05, 4.69) is 5.10 Å². The second-order valence-corrected chi connectivity index (χ2v) is 7.04. The predicted octanol–water partition coefficient (Wildman–Crippen LogP) is 6.67. The largest absolute Gasteiger partial charge is 0.460 e. The highest BCUT2D eigenvalue weighted by Gasteiger charge is 2.91. The van der Waals surface area contributed by atoms with Crippen molar-refractivity contribution in [1.29, 1.82) is 0 Å². The van der Waals surface area contributed by atoms with Crippen molar-refractivity contribution < 1.29 is 66.9 Å². The smallest absolute Gasteiger partial charge is 0.272 e. The Bertz CT molecular complexity index is 1060. The van der Waals surface area contributed by atoms with E-state index in [-0.39, 0.29) is 6.21 Å². The van der Waals surface area contributed by atoms with Gasteiger partial charge >= 0.3 is 41.5 Å². The maximum absolute atomic E-state index is 14.3. The zero-order valence-corrected chi connectivity index (χ0v) is 17.5. The molecule has 210 valence electrons. The summed E-state index contributed by atoms with van der Waals surface area (Å²) in [5.41, 5.74) is -1.20. The van der Waals surface area contributed by atoms with Gasteiger partial charge in [-0.25, -0.2) is 0 Å². The Kier molecular flexibility index (Phi) is 8.37. The van der Waals surface area contributed by atoms with Gasteiger partial charge < -0.3 is 0 Å². The van der Waals surface area contributed by atoms with Crippen molar-refractivity contribution in [2.24, 2.45) is 11.0 Å². The van der Waals surface area contributed by atoms with Gasteiger partial charge in [-0.05, 0) is 12.5 Å². The van der Waals surface area contributed by atoms with Crippen molar-refractivity contribution in [1.82, 2.24) is 0 Å². The molecule has 0 saturated carbocycles. The Morgan fingerprint density at radius 1 is 0.838 bits per heavy atom. The second-order valence-electron chi connectivity index (χ2n) is 7.04. The topological polar surface area (TPSA) is 111 Å². The number of alkyl halides is 13. The highest BCUT2D eigenvalue weighted by atomic mass is 19.4. The number of benzene rings is 1. The van der Waals surface area contributed by atoms with Crippen molar-refractivity contribution in [3.8, 4) is 0 Å². The molecule has 1 aromatic rings. The van der Waals surface area contributed by atoms with Crippen LogP contribution in [0.1, 0.15) is 13.3 Å². The number of rotatable bonds is 11. The van der Waals surface area contributed by atoms with Gasteiger partial charge in [0.05, 0.1) is 21.8 Å². The van der Waals surface area contributed by atoms with Gasteiger partial charge in [-0.15, -0.1) is 0 Å². The van der Waals surface area contributed by atoms with Crippen LogP contribution in [-0.2, 0) is 0 Å². The first kappa shape index (κ1) is 31.6. The predicted molar refractivity (Wildman–Crippen MR) is 96.4 cm³/mol. The first-order valence-electron chi connectivity index (χ1n) is 9.09. The monoisotopic (exact) mass is 570 g/mol. The summed E-state index contributed by atoms with van der Waals surface area (Å²) >= 11 is 0. The normalized spacial score (nSPS) is 15.1. The summed E-state index contributed by atoms with van der Waals surface area (Å²) in [7, 11) is 0. The lowest BCUT2D eigenvalue weighted by molar-refractivity contribution is -0.441. The van der Waals surface area contributed by atoms with Crippen LogP contribution in [0, 0.1) is 26.1 Å². The molecule has 1 atom stereocenters. The number of hydrogen-bond acceptors (Lipinski definition) is 6. The molecule has 21 heteroatoms. The molecule has 1 N–H and O–H groups in total. The van der Waals surface area contributed by atoms with E-state index in [1.807, 2.05) is 0 Å². The zero-order valence-electron chi connectivity index (χ0n) is 17.5.